The van der Waals surface area contributed by atoms with E-state index in [-0.39, 0.29) is 17.1 Å². The maximum atomic E-state index is 12.7. The normalized spacial score (nSPS) is 17.6. The van der Waals surface area contributed by atoms with E-state index in [1.165, 1.54) is 12.1 Å². The van der Waals surface area contributed by atoms with Gasteiger partial charge in [-0.2, -0.15) is 0 Å². The van der Waals surface area contributed by atoms with E-state index in [4.69, 9.17) is 0 Å². The Hall–Kier alpha value is -1.89. The molecular formula is C10H8F2O5. The molecule has 1 aliphatic rings. The summed E-state index contributed by atoms with van der Waals surface area (Å²) in [5.74, 6) is -1.29. The highest BCUT2D eigenvalue weighted by molar-refractivity contribution is 5.76. The van der Waals surface area contributed by atoms with Crippen LogP contribution in [0.15, 0.2) is 18.2 Å². The minimum atomic E-state index is -3.73. The molecule has 0 spiro atoms. The van der Waals surface area contributed by atoms with Crippen molar-refractivity contribution in [2.24, 2.45) is 0 Å². The van der Waals surface area contributed by atoms with Crippen LogP contribution in [0.4, 0.5) is 8.78 Å². The lowest BCUT2D eigenvalue weighted by Gasteiger charge is -2.08. The second-order valence-electron chi connectivity index (χ2n) is 3.30. The summed E-state index contributed by atoms with van der Waals surface area (Å²) in [7, 11) is 1.10. The van der Waals surface area contributed by atoms with E-state index < -0.39 is 18.4 Å². The zero-order valence-corrected chi connectivity index (χ0v) is 8.65. The minimum absolute atomic E-state index is 0.0805. The van der Waals surface area contributed by atoms with Crippen LogP contribution in [0.25, 0.3) is 0 Å². The number of fused-ring (bicyclic) bond motifs is 1. The first kappa shape index (κ1) is 11.6. The van der Waals surface area contributed by atoms with E-state index in [0.717, 1.165) is 13.2 Å². The smallest absolute Gasteiger partial charge is 0.467 e. The second kappa shape index (κ2) is 3.85. The van der Waals surface area contributed by atoms with Gasteiger partial charge in [0.15, 0.2) is 17.6 Å². The number of carbonyl (C=O) groups excluding carboxylic acids is 1. The zero-order chi connectivity index (χ0) is 12.6. The molecule has 0 aromatic heterocycles. The number of hydrogen-bond acceptors (Lipinski definition) is 5. The molecule has 7 heteroatoms. The molecule has 5 nitrogen and oxygen atoms in total. The van der Waals surface area contributed by atoms with Crippen LogP contribution < -0.4 is 9.47 Å². The van der Waals surface area contributed by atoms with Crippen LogP contribution in [-0.2, 0) is 9.53 Å². The maximum absolute atomic E-state index is 12.7. The van der Waals surface area contributed by atoms with Gasteiger partial charge in [-0.3, -0.25) is 0 Å². The molecule has 1 aromatic carbocycles. The van der Waals surface area contributed by atoms with Gasteiger partial charge in [-0.15, -0.1) is 8.78 Å². The molecule has 1 unspecified atom stereocenters. The van der Waals surface area contributed by atoms with Gasteiger partial charge >= 0.3 is 12.3 Å². The molecular weight excluding hydrogens is 238 g/mol. The molecule has 1 aliphatic heterocycles. The van der Waals surface area contributed by atoms with Crippen LogP contribution in [0.2, 0.25) is 0 Å². The quantitative estimate of drug-likeness (QED) is 0.794. The third kappa shape index (κ3) is 2.14. The summed E-state index contributed by atoms with van der Waals surface area (Å²) in [6.45, 7) is 0. The van der Waals surface area contributed by atoms with Crippen molar-refractivity contribution in [3.8, 4) is 11.5 Å². The molecule has 1 aromatic rings. The van der Waals surface area contributed by atoms with Crippen molar-refractivity contribution in [1.29, 1.82) is 0 Å². The summed E-state index contributed by atoms with van der Waals surface area (Å²) in [5, 5.41) is 9.49. The SMILES string of the molecule is COC(=O)C(O)c1ccc2c(c1)OC(F)(F)O2. The van der Waals surface area contributed by atoms with E-state index in [1.54, 1.807) is 0 Å². The number of carbonyl (C=O) groups is 1. The van der Waals surface area contributed by atoms with Crippen molar-refractivity contribution in [3.63, 3.8) is 0 Å². The predicted molar refractivity (Wildman–Crippen MR) is 49.6 cm³/mol. The standard InChI is InChI=1S/C10H8F2O5/c1-15-9(14)8(13)5-2-3-6-7(4-5)17-10(11,12)16-6/h2-4,8,13H,1H3. The number of alkyl halides is 2. The van der Waals surface area contributed by atoms with Gasteiger partial charge in [0.2, 0.25) is 0 Å². The highest BCUT2D eigenvalue weighted by atomic mass is 19.3. The number of rotatable bonds is 2. The van der Waals surface area contributed by atoms with Gasteiger partial charge in [-0.25, -0.2) is 4.79 Å². The number of halogens is 2. The summed E-state index contributed by atoms with van der Waals surface area (Å²) < 4.78 is 38.1. The summed E-state index contributed by atoms with van der Waals surface area (Å²) in [5.41, 5.74) is 0.0805. The Morgan fingerprint density at radius 1 is 1.41 bits per heavy atom. The number of aliphatic hydroxyl groups excluding tert-OH is 1. The van der Waals surface area contributed by atoms with E-state index in [9.17, 15) is 18.7 Å². The first-order chi connectivity index (χ1) is 7.93. The summed E-state index contributed by atoms with van der Waals surface area (Å²) in [6, 6.07) is 3.54. The van der Waals surface area contributed by atoms with Crippen LogP contribution in [-0.4, -0.2) is 24.5 Å². The number of methoxy groups -OCH3 is 1. The Morgan fingerprint density at radius 3 is 2.71 bits per heavy atom. The van der Waals surface area contributed by atoms with Gasteiger partial charge in [0.1, 0.15) is 0 Å². The highest BCUT2D eigenvalue weighted by Crippen LogP contribution is 2.42. The summed E-state index contributed by atoms with van der Waals surface area (Å²) in [4.78, 5) is 11.0. The third-order valence-electron chi connectivity index (χ3n) is 2.17. The maximum Gasteiger partial charge on any atom is 0.586 e. The number of esters is 1. The Bertz CT molecular complexity index is 460. The van der Waals surface area contributed by atoms with Gasteiger partial charge < -0.3 is 19.3 Å². The van der Waals surface area contributed by atoms with Gasteiger partial charge in [0.25, 0.3) is 0 Å². The van der Waals surface area contributed by atoms with Crippen LogP contribution in [0.3, 0.4) is 0 Å². The van der Waals surface area contributed by atoms with Gasteiger partial charge in [-0.05, 0) is 17.7 Å². The molecule has 1 atom stereocenters. The van der Waals surface area contributed by atoms with Crippen LogP contribution in [0.5, 0.6) is 11.5 Å². The Balaban J connectivity index is 2.28. The number of benzene rings is 1. The Labute approximate surface area is 94.5 Å². The van der Waals surface area contributed by atoms with Gasteiger partial charge in [-0.1, -0.05) is 6.07 Å². The fourth-order valence-corrected chi connectivity index (χ4v) is 1.38. The lowest BCUT2D eigenvalue weighted by atomic mass is 10.1. The first-order valence-corrected chi connectivity index (χ1v) is 4.58. The van der Waals surface area contributed by atoms with E-state index in [2.05, 4.69) is 14.2 Å². The molecule has 0 fully saturated rings. The molecule has 1 heterocycles. The van der Waals surface area contributed by atoms with E-state index >= 15 is 0 Å². The lowest BCUT2D eigenvalue weighted by molar-refractivity contribution is -0.286. The molecule has 92 valence electrons. The summed E-state index contributed by atoms with van der Waals surface area (Å²) in [6.07, 6.45) is -5.28. The van der Waals surface area contributed by atoms with Gasteiger partial charge in [0, 0.05) is 0 Å². The molecule has 0 bridgehead atoms. The number of ether oxygens (including phenoxy) is 3. The van der Waals surface area contributed by atoms with Crippen molar-refractivity contribution in [2.75, 3.05) is 7.11 Å². The highest BCUT2D eigenvalue weighted by Gasteiger charge is 2.43. The Morgan fingerprint density at radius 2 is 2.06 bits per heavy atom. The lowest BCUT2D eigenvalue weighted by Crippen LogP contribution is -2.25. The Kier molecular flexibility index (Phi) is 2.62. The van der Waals surface area contributed by atoms with Gasteiger partial charge in [0.05, 0.1) is 7.11 Å². The van der Waals surface area contributed by atoms with Crippen LogP contribution in [0.1, 0.15) is 11.7 Å². The van der Waals surface area contributed by atoms with Crippen LogP contribution >= 0.6 is 0 Å². The third-order valence-corrected chi connectivity index (χ3v) is 2.17. The topological polar surface area (TPSA) is 65.0 Å². The van der Waals surface area contributed by atoms with Crippen molar-refractivity contribution < 1.29 is 32.9 Å². The molecule has 0 amide bonds. The zero-order valence-electron chi connectivity index (χ0n) is 8.65. The molecule has 2 rings (SSSR count). The first-order valence-electron chi connectivity index (χ1n) is 4.58. The predicted octanol–water partition coefficient (Wildman–Crippen LogP) is 1.21. The largest absolute Gasteiger partial charge is 0.586 e. The van der Waals surface area contributed by atoms with Crippen molar-refractivity contribution >= 4 is 5.97 Å². The van der Waals surface area contributed by atoms with E-state index in [1.807, 2.05) is 0 Å². The number of aliphatic hydroxyl groups is 1. The average Bonchev–Trinajstić information content (AvgIpc) is 2.59. The molecule has 0 saturated carbocycles. The monoisotopic (exact) mass is 246 g/mol. The molecule has 17 heavy (non-hydrogen) atoms. The van der Waals surface area contributed by atoms with Crippen molar-refractivity contribution in [2.45, 2.75) is 12.4 Å². The average molecular weight is 246 g/mol. The summed E-state index contributed by atoms with van der Waals surface area (Å²) >= 11 is 0. The minimum Gasteiger partial charge on any atom is -0.467 e. The van der Waals surface area contributed by atoms with Crippen molar-refractivity contribution in [1.82, 2.24) is 0 Å². The fourth-order valence-electron chi connectivity index (χ4n) is 1.38. The van der Waals surface area contributed by atoms with Crippen LogP contribution in [0, 0.1) is 0 Å². The molecule has 0 aliphatic carbocycles. The fraction of sp³-hybridized carbons (Fsp3) is 0.300. The molecule has 1 N–H and O–H groups in total. The molecule has 0 radical (unpaired) electrons. The second-order valence-corrected chi connectivity index (χ2v) is 3.30. The van der Waals surface area contributed by atoms with E-state index in [0.29, 0.717) is 0 Å². The number of hydrogen-bond donors (Lipinski definition) is 1. The molecule has 0 saturated heterocycles. The van der Waals surface area contributed by atoms with Crippen molar-refractivity contribution in [3.05, 3.63) is 23.8 Å².